The number of benzene rings is 1. The Kier molecular flexibility index (Phi) is 5.06. The summed E-state index contributed by atoms with van der Waals surface area (Å²) in [6, 6.07) is 9.05. The first-order valence-electron chi connectivity index (χ1n) is 7.63. The Morgan fingerprint density at radius 2 is 1.86 bits per heavy atom. The van der Waals surface area contributed by atoms with E-state index in [0.29, 0.717) is 6.42 Å². The van der Waals surface area contributed by atoms with Gasteiger partial charge in [-0.15, -0.1) is 0 Å². The van der Waals surface area contributed by atoms with Gasteiger partial charge >= 0.3 is 12.1 Å². The van der Waals surface area contributed by atoms with Crippen LogP contribution in [0.1, 0.15) is 32.8 Å². The highest BCUT2D eigenvalue weighted by Crippen LogP contribution is 2.33. The average Bonchev–Trinajstić information content (AvgIpc) is 2.45. The van der Waals surface area contributed by atoms with Crippen LogP contribution in [0.5, 0.6) is 0 Å². The SMILES string of the molecule is CC1CC(C)N(C(=O)OCc2ccccc2)C(C)C1C(=O)O. The summed E-state index contributed by atoms with van der Waals surface area (Å²) >= 11 is 0. The largest absolute Gasteiger partial charge is 0.481 e. The van der Waals surface area contributed by atoms with Crippen LogP contribution in [0.25, 0.3) is 0 Å². The number of likely N-dealkylation sites (tertiary alicyclic amines) is 1. The number of nitrogens with zero attached hydrogens (tertiary/aromatic N) is 1. The zero-order valence-electron chi connectivity index (χ0n) is 13.2. The Morgan fingerprint density at radius 3 is 2.45 bits per heavy atom. The summed E-state index contributed by atoms with van der Waals surface area (Å²) < 4.78 is 5.37. The van der Waals surface area contributed by atoms with Crippen LogP contribution in [0.4, 0.5) is 4.79 Å². The van der Waals surface area contributed by atoms with Gasteiger partial charge in [-0.3, -0.25) is 4.79 Å². The maximum absolute atomic E-state index is 12.4. The van der Waals surface area contributed by atoms with E-state index in [2.05, 4.69) is 0 Å². The topological polar surface area (TPSA) is 66.8 Å². The summed E-state index contributed by atoms with van der Waals surface area (Å²) in [5.74, 6) is -1.37. The number of ether oxygens (including phenoxy) is 1. The molecule has 1 aromatic rings. The zero-order valence-corrected chi connectivity index (χ0v) is 13.2. The fraction of sp³-hybridized carbons (Fsp3) is 0.529. The standard InChI is InChI=1S/C17H23NO4/c1-11-9-12(2)18(13(3)15(11)16(19)20)17(21)22-10-14-7-5-4-6-8-14/h4-8,11-13,15H,9-10H2,1-3H3,(H,19,20). The van der Waals surface area contributed by atoms with Crippen LogP contribution in [0, 0.1) is 11.8 Å². The number of carbonyl (C=O) groups excluding carboxylic acids is 1. The van der Waals surface area contributed by atoms with Gasteiger partial charge in [-0.25, -0.2) is 4.79 Å². The minimum absolute atomic E-state index is 0.0242. The van der Waals surface area contributed by atoms with Gasteiger partial charge in [-0.2, -0.15) is 0 Å². The van der Waals surface area contributed by atoms with E-state index >= 15 is 0 Å². The van der Waals surface area contributed by atoms with E-state index in [1.165, 1.54) is 0 Å². The minimum Gasteiger partial charge on any atom is -0.481 e. The highest BCUT2D eigenvalue weighted by molar-refractivity contribution is 5.74. The van der Waals surface area contributed by atoms with Crippen molar-refractivity contribution in [2.24, 2.45) is 11.8 Å². The number of piperidine rings is 1. The van der Waals surface area contributed by atoms with Gasteiger partial charge < -0.3 is 14.7 Å². The number of hydrogen-bond acceptors (Lipinski definition) is 3. The fourth-order valence-corrected chi connectivity index (χ4v) is 3.44. The first kappa shape index (κ1) is 16.3. The molecule has 0 aromatic heterocycles. The van der Waals surface area contributed by atoms with Gasteiger partial charge in [-0.1, -0.05) is 37.3 Å². The molecule has 4 unspecified atom stereocenters. The number of rotatable bonds is 3. The van der Waals surface area contributed by atoms with E-state index in [0.717, 1.165) is 5.56 Å². The lowest BCUT2D eigenvalue weighted by atomic mass is 9.78. The molecule has 1 aromatic carbocycles. The Labute approximate surface area is 130 Å². The van der Waals surface area contributed by atoms with Crippen LogP contribution in [0.2, 0.25) is 0 Å². The molecule has 1 aliphatic heterocycles. The molecule has 0 saturated carbocycles. The van der Waals surface area contributed by atoms with Crippen LogP contribution < -0.4 is 0 Å². The fourth-order valence-electron chi connectivity index (χ4n) is 3.44. The predicted molar refractivity (Wildman–Crippen MR) is 82.3 cm³/mol. The number of hydrogen-bond donors (Lipinski definition) is 1. The highest BCUT2D eigenvalue weighted by Gasteiger charge is 2.43. The summed E-state index contributed by atoms with van der Waals surface area (Å²) in [6.07, 6.45) is 0.226. The molecule has 5 heteroatoms. The van der Waals surface area contributed by atoms with E-state index in [-0.39, 0.29) is 24.6 Å². The molecule has 1 heterocycles. The summed E-state index contributed by atoms with van der Waals surface area (Å²) in [6.45, 7) is 5.85. The third kappa shape index (κ3) is 3.40. The van der Waals surface area contributed by atoms with Crippen molar-refractivity contribution in [3.8, 4) is 0 Å². The molecule has 4 atom stereocenters. The van der Waals surface area contributed by atoms with Crippen molar-refractivity contribution in [3.63, 3.8) is 0 Å². The normalized spacial score (nSPS) is 28.2. The van der Waals surface area contributed by atoms with Crippen molar-refractivity contribution in [2.75, 3.05) is 0 Å². The van der Waals surface area contributed by atoms with E-state index < -0.39 is 18.0 Å². The van der Waals surface area contributed by atoms with Gasteiger partial charge in [0, 0.05) is 12.1 Å². The molecule has 1 fully saturated rings. The summed E-state index contributed by atoms with van der Waals surface area (Å²) in [5, 5.41) is 9.39. The van der Waals surface area contributed by atoms with Crippen molar-refractivity contribution in [2.45, 2.75) is 45.9 Å². The van der Waals surface area contributed by atoms with Crippen LogP contribution in [-0.4, -0.2) is 34.2 Å². The Bertz CT molecular complexity index is 531. The molecule has 2 rings (SSSR count). The number of aliphatic carboxylic acids is 1. The third-order valence-corrected chi connectivity index (χ3v) is 4.46. The van der Waals surface area contributed by atoms with Crippen molar-refractivity contribution in [3.05, 3.63) is 35.9 Å². The maximum atomic E-state index is 12.4. The second-order valence-electron chi connectivity index (χ2n) is 6.11. The number of amides is 1. The molecular weight excluding hydrogens is 282 g/mol. The zero-order chi connectivity index (χ0) is 16.3. The Morgan fingerprint density at radius 1 is 1.23 bits per heavy atom. The summed E-state index contributed by atoms with van der Waals surface area (Å²) in [7, 11) is 0. The summed E-state index contributed by atoms with van der Waals surface area (Å²) in [4.78, 5) is 25.4. The third-order valence-electron chi connectivity index (χ3n) is 4.46. The highest BCUT2D eigenvalue weighted by atomic mass is 16.6. The lowest BCUT2D eigenvalue weighted by Gasteiger charge is -2.44. The van der Waals surface area contributed by atoms with Crippen molar-refractivity contribution in [1.29, 1.82) is 0 Å². The predicted octanol–water partition coefficient (Wildman–Crippen LogP) is 3.14. The van der Waals surface area contributed by atoms with Gasteiger partial charge in [-0.05, 0) is 31.7 Å². The van der Waals surface area contributed by atoms with Gasteiger partial charge in [0.05, 0.1) is 5.92 Å². The number of carboxylic acid groups (broad SMARTS) is 1. The van der Waals surface area contributed by atoms with Gasteiger partial charge in [0.15, 0.2) is 0 Å². The van der Waals surface area contributed by atoms with Crippen LogP contribution >= 0.6 is 0 Å². The van der Waals surface area contributed by atoms with E-state index in [9.17, 15) is 14.7 Å². The molecule has 0 spiro atoms. The monoisotopic (exact) mass is 305 g/mol. The molecule has 1 aliphatic rings. The molecule has 1 amide bonds. The second kappa shape index (κ2) is 6.81. The molecule has 120 valence electrons. The molecule has 0 bridgehead atoms. The van der Waals surface area contributed by atoms with Gasteiger partial charge in [0.1, 0.15) is 6.61 Å². The van der Waals surface area contributed by atoms with Crippen molar-refractivity contribution < 1.29 is 19.4 Å². The molecular formula is C17H23NO4. The minimum atomic E-state index is -0.854. The maximum Gasteiger partial charge on any atom is 0.410 e. The van der Waals surface area contributed by atoms with E-state index in [1.807, 2.05) is 44.2 Å². The average molecular weight is 305 g/mol. The lowest BCUT2D eigenvalue weighted by molar-refractivity contribution is -0.148. The number of carbonyl (C=O) groups is 2. The van der Waals surface area contributed by atoms with Gasteiger partial charge in [0.2, 0.25) is 0 Å². The molecule has 1 N–H and O–H groups in total. The Balaban J connectivity index is 2.05. The first-order valence-corrected chi connectivity index (χ1v) is 7.63. The molecule has 0 aliphatic carbocycles. The van der Waals surface area contributed by atoms with Gasteiger partial charge in [0.25, 0.3) is 0 Å². The molecule has 0 radical (unpaired) electrons. The lowest BCUT2D eigenvalue weighted by Crippen LogP contribution is -2.56. The van der Waals surface area contributed by atoms with Crippen LogP contribution in [-0.2, 0) is 16.1 Å². The molecule has 22 heavy (non-hydrogen) atoms. The van der Waals surface area contributed by atoms with E-state index in [1.54, 1.807) is 11.8 Å². The second-order valence-corrected chi connectivity index (χ2v) is 6.11. The first-order chi connectivity index (χ1) is 10.4. The smallest absolute Gasteiger partial charge is 0.410 e. The Hall–Kier alpha value is -2.04. The van der Waals surface area contributed by atoms with Crippen molar-refractivity contribution >= 4 is 12.1 Å². The van der Waals surface area contributed by atoms with Crippen molar-refractivity contribution in [1.82, 2.24) is 4.90 Å². The number of carboxylic acids is 1. The van der Waals surface area contributed by atoms with Crippen LogP contribution in [0.15, 0.2) is 30.3 Å². The van der Waals surface area contributed by atoms with E-state index in [4.69, 9.17) is 4.74 Å². The molecule has 1 saturated heterocycles. The van der Waals surface area contributed by atoms with Crippen LogP contribution in [0.3, 0.4) is 0 Å². The molecule has 5 nitrogen and oxygen atoms in total. The summed E-state index contributed by atoms with van der Waals surface area (Å²) in [5.41, 5.74) is 0.913. The quantitative estimate of drug-likeness (QED) is 0.931.